The van der Waals surface area contributed by atoms with E-state index in [1.165, 1.54) is 0 Å². The van der Waals surface area contributed by atoms with Crippen LogP contribution in [-0.4, -0.2) is 35.2 Å². The first kappa shape index (κ1) is 13.1. The quantitative estimate of drug-likeness (QED) is 0.828. The Labute approximate surface area is 108 Å². The van der Waals surface area contributed by atoms with E-state index in [1.54, 1.807) is 12.5 Å². The first-order valence-corrected chi connectivity index (χ1v) is 6.62. The molecule has 1 aromatic rings. The van der Waals surface area contributed by atoms with Crippen molar-refractivity contribution in [2.24, 2.45) is 0 Å². The lowest BCUT2D eigenvalue weighted by Crippen LogP contribution is -2.31. The summed E-state index contributed by atoms with van der Waals surface area (Å²) in [5, 5.41) is 3.31. The molecule has 0 unspecified atom stereocenters. The van der Waals surface area contributed by atoms with Crippen molar-refractivity contribution >= 4 is 5.97 Å². The summed E-state index contributed by atoms with van der Waals surface area (Å²) in [4.78, 5) is 15.9. The van der Waals surface area contributed by atoms with Crippen LogP contribution in [0.3, 0.4) is 0 Å². The van der Waals surface area contributed by atoms with Gasteiger partial charge in [0, 0.05) is 12.1 Å². The van der Waals surface area contributed by atoms with Crippen molar-refractivity contribution < 1.29 is 9.53 Å². The molecule has 1 saturated carbocycles. The van der Waals surface area contributed by atoms with E-state index in [2.05, 4.69) is 10.3 Å². The van der Waals surface area contributed by atoms with Gasteiger partial charge in [-0.3, -0.25) is 0 Å². The predicted octanol–water partition coefficient (Wildman–Crippen LogP) is 1.76. The molecule has 1 heterocycles. The van der Waals surface area contributed by atoms with Gasteiger partial charge < -0.3 is 14.6 Å². The highest BCUT2D eigenvalue weighted by molar-refractivity contribution is 5.87. The molecule has 0 radical (unpaired) electrons. The fourth-order valence-electron chi connectivity index (χ4n) is 2.60. The van der Waals surface area contributed by atoms with Crippen LogP contribution < -0.4 is 5.32 Å². The average molecular weight is 251 g/mol. The minimum atomic E-state index is -0.272. The second kappa shape index (κ2) is 6.00. The van der Waals surface area contributed by atoms with Crippen LogP contribution in [0.5, 0.6) is 0 Å². The minimum Gasteiger partial charge on any atom is -0.461 e. The fraction of sp³-hybridized carbons (Fsp3) is 0.692. The van der Waals surface area contributed by atoms with Gasteiger partial charge in [0.2, 0.25) is 0 Å². The lowest BCUT2D eigenvalue weighted by atomic mass is 9.91. The normalized spacial score (nSPS) is 23.9. The highest BCUT2D eigenvalue weighted by Crippen LogP contribution is 2.29. The summed E-state index contributed by atoms with van der Waals surface area (Å²) in [6.07, 6.45) is 7.78. The largest absolute Gasteiger partial charge is 0.461 e. The van der Waals surface area contributed by atoms with Gasteiger partial charge >= 0.3 is 5.97 Å². The third-order valence-corrected chi connectivity index (χ3v) is 3.65. The highest BCUT2D eigenvalue weighted by atomic mass is 16.5. The van der Waals surface area contributed by atoms with Gasteiger partial charge in [0.1, 0.15) is 5.69 Å². The smallest absolute Gasteiger partial charge is 0.356 e. The molecule has 0 aromatic carbocycles. The number of carbonyl (C=O) groups is 1. The standard InChI is InChI=1S/C13H21N3O2/c1-3-18-13(17)12-8-15-9-16(12)11-6-4-10(14-2)5-7-11/h8-11,14H,3-7H2,1-2H3. The van der Waals surface area contributed by atoms with Crippen LogP contribution in [0.4, 0.5) is 0 Å². The zero-order valence-corrected chi connectivity index (χ0v) is 11.1. The Morgan fingerprint density at radius 2 is 2.22 bits per heavy atom. The van der Waals surface area contributed by atoms with E-state index in [0.717, 1.165) is 25.7 Å². The van der Waals surface area contributed by atoms with Gasteiger partial charge in [-0.2, -0.15) is 0 Å². The molecule has 1 fully saturated rings. The number of nitrogens with one attached hydrogen (secondary N) is 1. The molecule has 5 heteroatoms. The van der Waals surface area contributed by atoms with Crippen molar-refractivity contribution in [3.05, 3.63) is 18.2 Å². The summed E-state index contributed by atoms with van der Waals surface area (Å²) >= 11 is 0. The van der Waals surface area contributed by atoms with E-state index in [-0.39, 0.29) is 5.97 Å². The highest BCUT2D eigenvalue weighted by Gasteiger charge is 2.24. The molecule has 2 rings (SSSR count). The van der Waals surface area contributed by atoms with E-state index in [9.17, 15) is 4.79 Å². The monoisotopic (exact) mass is 251 g/mol. The Kier molecular flexibility index (Phi) is 4.36. The van der Waals surface area contributed by atoms with Gasteiger partial charge in [-0.15, -0.1) is 0 Å². The molecule has 5 nitrogen and oxygen atoms in total. The Morgan fingerprint density at radius 1 is 1.50 bits per heavy atom. The van der Waals surface area contributed by atoms with E-state index >= 15 is 0 Å². The van der Waals surface area contributed by atoms with Gasteiger partial charge in [-0.05, 0) is 39.7 Å². The molecule has 18 heavy (non-hydrogen) atoms. The topological polar surface area (TPSA) is 56.1 Å². The minimum absolute atomic E-state index is 0.272. The maximum Gasteiger partial charge on any atom is 0.356 e. The molecule has 0 atom stereocenters. The van der Waals surface area contributed by atoms with Crippen LogP contribution in [0, 0.1) is 0 Å². The molecule has 0 spiro atoms. The summed E-state index contributed by atoms with van der Waals surface area (Å²) in [5.41, 5.74) is 0.574. The molecule has 0 aliphatic heterocycles. The Bertz CT molecular complexity index is 395. The third-order valence-electron chi connectivity index (χ3n) is 3.65. The van der Waals surface area contributed by atoms with E-state index in [4.69, 9.17) is 4.74 Å². The third kappa shape index (κ3) is 2.72. The van der Waals surface area contributed by atoms with Crippen molar-refractivity contribution in [1.29, 1.82) is 0 Å². The first-order valence-electron chi connectivity index (χ1n) is 6.62. The number of carbonyl (C=O) groups excluding carboxylic acids is 1. The van der Waals surface area contributed by atoms with E-state index < -0.39 is 0 Å². The van der Waals surface area contributed by atoms with E-state index in [1.807, 2.05) is 18.5 Å². The molecule has 1 aliphatic rings. The van der Waals surface area contributed by atoms with E-state index in [0.29, 0.717) is 24.4 Å². The maximum absolute atomic E-state index is 11.8. The molecule has 0 amide bonds. The second-order valence-electron chi connectivity index (χ2n) is 4.70. The lowest BCUT2D eigenvalue weighted by Gasteiger charge is -2.29. The van der Waals surface area contributed by atoms with Crippen molar-refractivity contribution in [2.45, 2.75) is 44.7 Å². The van der Waals surface area contributed by atoms with Crippen LogP contribution in [0.15, 0.2) is 12.5 Å². The number of esters is 1. The second-order valence-corrected chi connectivity index (χ2v) is 4.70. The molecular formula is C13H21N3O2. The van der Waals surface area contributed by atoms with Gasteiger partial charge in [-0.25, -0.2) is 9.78 Å². The Morgan fingerprint density at radius 3 is 2.83 bits per heavy atom. The molecule has 1 aliphatic carbocycles. The number of aromatic nitrogens is 2. The molecule has 1 N–H and O–H groups in total. The van der Waals surface area contributed by atoms with Crippen molar-refractivity contribution in [3.8, 4) is 0 Å². The first-order chi connectivity index (χ1) is 8.76. The number of hydrogen-bond donors (Lipinski definition) is 1. The predicted molar refractivity (Wildman–Crippen MR) is 68.5 cm³/mol. The zero-order chi connectivity index (χ0) is 13.0. The zero-order valence-electron chi connectivity index (χ0n) is 11.1. The summed E-state index contributed by atoms with van der Waals surface area (Å²) in [6, 6.07) is 0.979. The molecule has 0 saturated heterocycles. The van der Waals surface area contributed by atoms with Gasteiger partial charge in [-0.1, -0.05) is 0 Å². The summed E-state index contributed by atoms with van der Waals surface area (Å²) in [7, 11) is 2.01. The van der Waals surface area contributed by atoms with Crippen LogP contribution in [0.1, 0.15) is 49.1 Å². The number of imidazole rings is 1. The molecule has 0 bridgehead atoms. The van der Waals surface area contributed by atoms with Crippen molar-refractivity contribution in [1.82, 2.24) is 14.9 Å². The number of ether oxygens (including phenoxy) is 1. The van der Waals surface area contributed by atoms with Crippen LogP contribution in [0.25, 0.3) is 0 Å². The summed E-state index contributed by atoms with van der Waals surface area (Å²) in [5.74, 6) is -0.272. The molecular weight excluding hydrogens is 230 g/mol. The number of nitrogens with zero attached hydrogens (tertiary/aromatic N) is 2. The lowest BCUT2D eigenvalue weighted by molar-refractivity contribution is 0.0509. The fourth-order valence-corrected chi connectivity index (χ4v) is 2.60. The number of rotatable bonds is 4. The van der Waals surface area contributed by atoms with Crippen LogP contribution >= 0.6 is 0 Å². The summed E-state index contributed by atoms with van der Waals surface area (Å²) in [6.45, 7) is 2.22. The summed E-state index contributed by atoms with van der Waals surface area (Å²) < 4.78 is 7.02. The molecule has 1 aromatic heterocycles. The Balaban J connectivity index is 2.05. The van der Waals surface area contributed by atoms with Crippen LogP contribution in [-0.2, 0) is 4.74 Å². The average Bonchev–Trinajstić information content (AvgIpc) is 2.88. The van der Waals surface area contributed by atoms with Crippen molar-refractivity contribution in [2.75, 3.05) is 13.7 Å². The maximum atomic E-state index is 11.8. The van der Waals surface area contributed by atoms with Gasteiger partial charge in [0.25, 0.3) is 0 Å². The van der Waals surface area contributed by atoms with Crippen molar-refractivity contribution in [3.63, 3.8) is 0 Å². The van der Waals surface area contributed by atoms with Gasteiger partial charge in [0.15, 0.2) is 0 Å². The SMILES string of the molecule is CCOC(=O)c1cncn1C1CCC(NC)CC1. The van der Waals surface area contributed by atoms with Gasteiger partial charge in [0.05, 0.1) is 19.1 Å². The Hall–Kier alpha value is -1.36. The van der Waals surface area contributed by atoms with Crippen LogP contribution in [0.2, 0.25) is 0 Å². The molecule has 100 valence electrons. The number of hydrogen-bond acceptors (Lipinski definition) is 4.